The highest BCUT2D eigenvalue weighted by Gasteiger charge is 2.14. The smallest absolute Gasteiger partial charge is 0.304 e. The summed E-state index contributed by atoms with van der Waals surface area (Å²) in [4.78, 5) is 10.2. The Morgan fingerprint density at radius 1 is 1.67 bits per heavy atom. The van der Waals surface area contributed by atoms with Crippen molar-refractivity contribution in [3.05, 3.63) is 0 Å². The van der Waals surface area contributed by atoms with Crippen LogP contribution < -0.4 is 5.32 Å². The van der Waals surface area contributed by atoms with Crippen LogP contribution in [0.4, 0.5) is 0 Å². The van der Waals surface area contributed by atoms with Crippen molar-refractivity contribution in [1.29, 1.82) is 0 Å². The fraction of sp³-hybridized carbons (Fsp3) is 0.875. The number of carbonyl (C=O) groups is 1. The molecule has 0 saturated carbocycles. The van der Waals surface area contributed by atoms with E-state index in [1.165, 1.54) is 17.9 Å². The monoisotopic (exact) mass is 189 g/mol. The first-order chi connectivity index (χ1) is 5.79. The third kappa shape index (κ3) is 3.97. The lowest BCUT2D eigenvalue weighted by Gasteiger charge is -2.08. The van der Waals surface area contributed by atoms with Crippen molar-refractivity contribution >= 4 is 17.7 Å². The minimum atomic E-state index is -0.719. The lowest BCUT2D eigenvalue weighted by Crippen LogP contribution is -2.25. The molecule has 3 nitrogen and oxygen atoms in total. The van der Waals surface area contributed by atoms with Crippen molar-refractivity contribution in [2.24, 2.45) is 5.92 Å². The highest BCUT2D eigenvalue weighted by atomic mass is 32.2. The second-order valence-electron chi connectivity index (χ2n) is 3.08. The molecule has 1 heterocycles. The number of thioether (sulfide) groups is 1. The first kappa shape index (κ1) is 9.86. The molecule has 2 N–H and O–H groups in total. The Labute approximate surface area is 76.9 Å². The van der Waals surface area contributed by atoms with E-state index in [1.807, 2.05) is 11.8 Å². The highest BCUT2D eigenvalue weighted by Crippen LogP contribution is 2.22. The molecular formula is C8H15NO2S. The van der Waals surface area contributed by atoms with Gasteiger partial charge < -0.3 is 10.4 Å². The van der Waals surface area contributed by atoms with Crippen LogP contribution in [-0.4, -0.2) is 35.7 Å². The SMILES string of the molecule is O=C(O)CCNCC1CCSC1. The minimum Gasteiger partial charge on any atom is -0.481 e. The molecule has 1 aliphatic rings. The summed E-state index contributed by atoms with van der Waals surface area (Å²) < 4.78 is 0. The first-order valence-electron chi connectivity index (χ1n) is 4.29. The van der Waals surface area contributed by atoms with Gasteiger partial charge >= 0.3 is 5.97 Å². The maximum absolute atomic E-state index is 10.2. The van der Waals surface area contributed by atoms with Gasteiger partial charge in [0.1, 0.15) is 0 Å². The van der Waals surface area contributed by atoms with Crippen LogP contribution in [0.2, 0.25) is 0 Å². The van der Waals surface area contributed by atoms with Gasteiger partial charge in [0.25, 0.3) is 0 Å². The van der Waals surface area contributed by atoms with Crippen LogP contribution in [0, 0.1) is 5.92 Å². The number of rotatable bonds is 5. The zero-order valence-corrected chi connectivity index (χ0v) is 7.90. The van der Waals surface area contributed by atoms with Crippen LogP contribution in [0.3, 0.4) is 0 Å². The van der Waals surface area contributed by atoms with Gasteiger partial charge in [-0.1, -0.05) is 0 Å². The summed E-state index contributed by atoms with van der Waals surface area (Å²) in [6, 6.07) is 0. The molecular weight excluding hydrogens is 174 g/mol. The summed E-state index contributed by atoms with van der Waals surface area (Å²) in [7, 11) is 0. The van der Waals surface area contributed by atoms with E-state index >= 15 is 0 Å². The Kier molecular flexibility index (Phi) is 4.46. The van der Waals surface area contributed by atoms with E-state index in [2.05, 4.69) is 5.32 Å². The van der Waals surface area contributed by atoms with Crippen molar-refractivity contribution < 1.29 is 9.90 Å². The zero-order chi connectivity index (χ0) is 8.81. The Morgan fingerprint density at radius 3 is 3.08 bits per heavy atom. The number of hydrogen-bond acceptors (Lipinski definition) is 3. The summed E-state index contributed by atoms with van der Waals surface area (Å²) in [6.07, 6.45) is 1.52. The fourth-order valence-corrected chi connectivity index (χ4v) is 2.53. The molecule has 0 aromatic rings. The number of carboxylic acids is 1. The summed E-state index contributed by atoms with van der Waals surface area (Å²) in [6.45, 7) is 1.59. The van der Waals surface area contributed by atoms with Crippen molar-refractivity contribution in [2.75, 3.05) is 24.6 Å². The molecule has 0 aromatic carbocycles. The summed E-state index contributed by atoms with van der Waals surface area (Å²) in [5.74, 6) is 2.55. The number of nitrogens with one attached hydrogen (secondary N) is 1. The van der Waals surface area contributed by atoms with Gasteiger partial charge in [0.15, 0.2) is 0 Å². The molecule has 1 aliphatic heterocycles. The van der Waals surface area contributed by atoms with Crippen molar-refractivity contribution in [3.63, 3.8) is 0 Å². The van der Waals surface area contributed by atoms with Gasteiger partial charge in [-0.25, -0.2) is 0 Å². The zero-order valence-electron chi connectivity index (χ0n) is 7.08. The molecule has 70 valence electrons. The van der Waals surface area contributed by atoms with E-state index in [4.69, 9.17) is 5.11 Å². The number of carboxylic acid groups (broad SMARTS) is 1. The van der Waals surface area contributed by atoms with Crippen molar-refractivity contribution in [3.8, 4) is 0 Å². The lowest BCUT2D eigenvalue weighted by molar-refractivity contribution is -0.136. The topological polar surface area (TPSA) is 49.3 Å². The van der Waals surface area contributed by atoms with Gasteiger partial charge in [-0.2, -0.15) is 11.8 Å². The first-order valence-corrected chi connectivity index (χ1v) is 5.45. The van der Waals surface area contributed by atoms with Gasteiger partial charge in [-0.05, 0) is 30.4 Å². The predicted molar refractivity (Wildman–Crippen MR) is 50.6 cm³/mol. The molecule has 0 aromatic heterocycles. The molecule has 4 heteroatoms. The fourth-order valence-electron chi connectivity index (χ4n) is 1.25. The van der Waals surface area contributed by atoms with Gasteiger partial charge in [0.2, 0.25) is 0 Å². The molecule has 0 spiro atoms. The molecule has 1 saturated heterocycles. The Hall–Kier alpha value is -0.220. The largest absolute Gasteiger partial charge is 0.481 e. The van der Waals surface area contributed by atoms with E-state index in [1.54, 1.807) is 0 Å². The third-order valence-corrected chi connectivity index (χ3v) is 3.20. The lowest BCUT2D eigenvalue weighted by atomic mass is 10.1. The van der Waals surface area contributed by atoms with Crippen LogP contribution in [-0.2, 0) is 4.79 Å². The summed E-state index contributed by atoms with van der Waals surface area (Å²) in [5.41, 5.74) is 0. The van der Waals surface area contributed by atoms with E-state index in [-0.39, 0.29) is 6.42 Å². The molecule has 1 fully saturated rings. The van der Waals surface area contributed by atoms with Gasteiger partial charge in [-0.3, -0.25) is 4.79 Å². The van der Waals surface area contributed by atoms with Crippen LogP contribution >= 0.6 is 11.8 Å². The summed E-state index contributed by atoms with van der Waals surface area (Å²) in [5, 5.41) is 11.5. The van der Waals surface area contributed by atoms with Crippen LogP contribution in [0.1, 0.15) is 12.8 Å². The van der Waals surface area contributed by atoms with E-state index in [9.17, 15) is 4.79 Å². The standard InChI is InChI=1S/C8H15NO2S/c10-8(11)1-3-9-5-7-2-4-12-6-7/h7,9H,1-6H2,(H,10,11). The van der Waals surface area contributed by atoms with E-state index in [0.717, 1.165) is 12.5 Å². The second-order valence-corrected chi connectivity index (χ2v) is 4.23. The molecule has 12 heavy (non-hydrogen) atoms. The van der Waals surface area contributed by atoms with Crippen LogP contribution in [0.5, 0.6) is 0 Å². The quantitative estimate of drug-likeness (QED) is 0.628. The van der Waals surface area contributed by atoms with Crippen LogP contribution in [0.15, 0.2) is 0 Å². The molecule has 0 amide bonds. The van der Waals surface area contributed by atoms with E-state index in [0.29, 0.717) is 6.54 Å². The molecule has 1 rings (SSSR count). The van der Waals surface area contributed by atoms with Crippen molar-refractivity contribution in [2.45, 2.75) is 12.8 Å². The highest BCUT2D eigenvalue weighted by molar-refractivity contribution is 7.99. The minimum absolute atomic E-state index is 0.236. The average Bonchev–Trinajstić information content (AvgIpc) is 2.49. The van der Waals surface area contributed by atoms with Gasteiger partial charge in [0.05, 0.1) is 6.42 Å². The van der Waals surface area contributed by atoms with Crippen molar-refractivity contribution in [1.82, 2.24) is 5.32 Å². The Bertz CT molecular complexity index is 146. The molecule has 1 atom stereocenters. The van der Waals surface area contributed by atoms with E-state index < -0.39 is 5.97 Å². The second kappa shape index (κ2) is 5.43. The van der Waals surface area contributed by atoms with Gasteiger partial charge in [-0.15, -0.1) is 0 Å². The summed E-state index contributed by atoms with van der Waals surface area (Å²) >= 11 is 1.99. The molecule has 1 unspecified atom stereocenters. The molecule has 0 radical (unpaired) electrons. The maximum Gasteiger partial charge on any atom is 0.304 e. The Morgan fingerprint density at radius 2 is 2.50 bits per heavy atom. The Balaban J connectivity index is 1.91. The average molecular weight is 189 g/mol. The normalized spacial score (nSPS) is 22.8. The predicted octanol–water partition coefficient (Wildman–Crippen LogP) is 0.804. The third-order valence-electron chi connectivity index (χ3n) is 1.97. The molecule has 0 bridgehead atoms. The maximum atomic E-state index is 10.2. The number of aliphatic carboxylic acids is 1. The number of hydrogen-bond donors (Lipinski definition) is 2. The van der Waals surface area contributed by atoms with Gasteiger partial charge in [0, 0.05) is 6.54 Å². The van der Waals surface area contributed by atoms with Crippen LogP contribution in [0.25, 0.3) is 0 Å². The molecule has 0 aliphatic carbocycles.